The first-order chi connectivity index (χ1) is 13.7. The number of hydrogen-bond acceptors (Lipinski definition) is 3. The summed E-state index contributed by atoms with van der Waals surface area (Å²) in [7, 11) is 0. The molecule has 0 bridgehead atoms. The van der Waals surface area contributed by atoms with E-state index < -0.39 is 12.0 Å². The molecule has 2 atom stereocenters. The van der Waals surface area contributed by atoms with E-state index in [4.69, 9.17) is 4.74 Å². The summed E-state index contributed by atoms with van der Waals surface area (Å²) >= 11 is 0. The van der Waals surface area contributed by atoms with Crippen molar-refractivity contribution in [2.75, 3.05) is 13.2 Å². The van der Waals surface area contributed by atoms with Crippen LogP contribution in [0.25, 0.3) is 10.8 Å². The van der Waals surface area contributed by atoms with E-state index >= 15 is 0 Å². The molecule has 0 saturated carbocycles. The third kappa shape index (κ3) is 3.60. The fraction of sp³-hybridized carbons (Fsp3) is 0.292. The second-order valence-electron chi connectivity index (χ2n) is 7.25. The molecule has 0 amide bonds. The number of ether oxygens (including phenoxy) is 1. The minimum Gasteiger partial charge on any atom is -0.494 e. The molecule has 0 radical (unpaired) electrons. The van der Waals surface area contributed by atoms with E-state index in [2.05, 4.69) is 47.4 Å². The summed E-state index contributed by atoms with van der Waals surface area (Å²) in [4.78, 5) is 14.0. The standard InChI is InChI=1S/C24H25NO3/c1-2-28-21-13-11-18(12-14-21)23(25-15-5-8-22(25)24(26)27)20-10-9-17-6-3-4-7-19(17)16-20/h3-4,6-7,9-14,16,22-23H,2,5,8,15H2,1H3,(H,26,27). The third-order valence-corrected chi connectivity index (χ3v) is 5.51. The van der Waals surface area contributed by atoms with Gasteiger partial charge in [-0.25, -0.2) is 0 Å². The van der Waals surface area contributed by atoms with Crippen molar-refractivity contribution in [1.29, 1.82) is 0 Å². The Balaban J connectivity index is 1.79. The molecular weight excluding hydrogens is 350 g/mol. The van der Waals surface area contributed by atoms with Crippen molar-refractivity contribution in [1.82, 2.24) is 4.90 Å². The molecule has 1 heterocycles. The highest BCUT2D eigenvalue weighted by molar-refractivity contribution is 5.83. The number of hydrogen-bond donors (Lipinski definition) is 1. The topological polar surface area (TPSA) is 49.8 Å². The number of rotatable bonds is 6. The Hall–Kier alpha value is -2.85. The van der Waals surface area contributed by atoms with E-state index in [1.54, 1.807) is 0 Å². The van der Waals surface area contributed by atoms with E-state index in [0.717, 1.165) is 29.8 Å². The van der Waals surface area contributed by atoms with E-state index in [1.807, 2.05) is 31.2 Å². The van der Waals surface area contributed by atoms with Crippen molar-refractivity contribution in [2.45, 2.75) is 31.8 Å². The molecule has 0 spiro atoms. The van der Waals surface area contributed by atoms with Gasteiger partial charge in [0, 0.05) is 6.54 Å². The van der Waals surface area contributed by atoms with E-state index in [9.17, 15) is 9.90 Å². The number of carboxylic acid groups (broad SMARTS) is 1. The van der Waals surface area contributed by atoms with Crippen LogP contribution in [-0.2, 0) is 4.79 Å². The van der Waals surface area contributed by atoms with Gasteiger partial charge in [0.25, 0.3) is 0 Å². The maximum Gasteiger partial charge on any atom is 0.320 e. The lowest BCUT2D eigenvalue weighted by Crippen LogP contribution is -2.39. The fourth-order valence-corrected chi connectivity index (χ4v) is 4.23. The first kappa shape index (κ1) is 18.5. The van der Waals surface area contributed by atoms with Gasteiger partial charge in [-0.3, -0.25) is 9.69 Å². The first-order valence-corrected chi connectivity index (χ1v) is 9.87. The first-order valence-electron chi connectivity index (χ1n) is 9.87. The summed E-state index contributed by atoms with van der Waals surface area (Å²) in [6.07, 6.45) is 1.59. The van der Waals surface area contributed by atoms with Crippen LogP contribution in [0.4, 0.5) is 0 Å². The van der Waals surface area contributed by atoms with Crippen LogP contribution in [0.2, 0.25) is 0 Å². The van der Waals surface area contributed by atoms with E-state index in [0.29, 0.717) is 13.0 Å². The van der Waals surface area contributed by atoms with E-state index in [1.165, 1.54) is 10.8 Å². The molecule has 0 aliphatic carbocycles. The molecule has 1 aliphatic rings. The van der Waals surface area contributed by atoms with Gasteiger partial charge in [-0.2, -0.15) is 0 Å². The molecule has 1 N–H and O–H groups in total. The van der Waals surface area contributed by atoms with Crippen LogP contribution in [0.5, 0.6) is 5.75 Å². The van der Waals surface area contributed by atoms with Gasteiger partial charge in [-0.05, 0) is 59.9 Å². The Bertz CT molecular complexity index is 967. The van der Waals surface area contributed by atoms with Gasteiger partial charge in [0.15, 0.2) is 0 Å². The van der Waals surface area contributed by atoms with Gasteiger partial charge in [0.2, 0.25) is 0 Å². The highest BCUT2D eigenvalue weighted by Gasteiger charge is 2.36. The summed E-state index contributed by atoms with van der Waals surface area (Å²) < 4.78 is 5.58. The Morgan fingerprint density at radius 1 is 1.07 bits per heavy atom. The van der Waals surface area contributed by atoms with Crippen molar-refractivity contribution in [2.24, 2.45) is 0 Å². The number of likely N-dealkylation sites (tertiary alicyclic amines) is 1. The SMILES string of the molecule is CCOc1ccc(C(c2ccc3ccccc3c2)N2CCCC2C(=O)O)cc1. The second kappa shape index (κ2) is 8.03. The van der Waals surface area contributed by atoms with Crippen LogP contribution < -0.4 is 4.74 Å². The van der Waals surface area contributed by atoms with Gasteiger partial charge < -0.3 is 9.84 Å². The van der Waals surface area contributed by atoms with Crippen LogP contribution in [0, 0.1) is 0 Å². The predicted molar refractivity (Wildman–Crippen MR) is 111 cm³/mol. The lowest BCUT2D eigenvalue weighted by molar-refractivity contribution is -0.142. The van der Waals surface area contributed by atoms with Crippen molar-refractivity contribution >= 4 is 16.7 Å². The fourth-order valence-electron chi connectivity index (χ4n) is 4.23. The third-order valence-electron chi connectivity index (χ3n) is 5.51. The summed E-state index contributed by atoms with van der Waals surface area (Å²) in [5.41, 5.74) is 2.21. The minimum atomic E-state index is -0.741. The molecule has 28 heavy (non-hydrogen) atoms. The number of fused-ring (bicyclic) bond motifs is 1. The van der Waals surface area contributed by atoms with Gasteiger partial charge in [0.05, 0.1) is 12.6 Å². The van der Waals surface area contributed by atoms with Crippen LogP contribution in [-0.4, -0.2) is 35.2 Å². The van der Waals surface area contributed by atoms with Crippen molar-refractivity contribution in [3.63, 3.8) is 0 Å². The van der Waals surface area contributed by atoms with Crippen LogP contribution in [0.1, 0.15) is 36.9 Å². The monoisotopic (exact) mass is 375 g/mol. The molecule has 1 aliphatic heterocycles. The highest BCUT2D eigenvalue weighted by atomic mass is 16.5. The Morgan fingerprint density at radius 2 is 1.79 bits per heavy atom. The summed E-state index contributed by atoms with van der Waals surface area (Å²) in [5, 5.41) is 12.1. The second-order valence-corrected chi connectivity index (χ2v) is 7.25. The highest BCUT2D eigenvalue weighted by Crippen LogP contribution is 2.36. The van der Waals surface area contributed by atoms with Gasteiger partial charge >= 0.3 is 5.97 Å². The molecule has 1 saturated heterocycles. The zero-order valence-corrected chi connectivity index (χ0v) is 16.0. The molecule has 144 valence electrons. The Morgan fingerprint density at radius 3 is 2.50 bits per heavy atom. The largest absolute Gasteiger partial charge is 0.494 e. The molecular formula is C24H25NO3. The lowest BCUT2D eigenvalue weighted by Gasteiger charge is -2.32. The average molecular weight is 375 g/mol. The maximum atomic E-state index is 11.9. The van der Waals surface area contributed by atoms with Gasteiger partial charge in [-0.15, -0.1) is 0 Å². The van der Waals surface area contributed by atoms with Gasteiger partial charge in [0.1, 0.15) is 11.8 Å². The zero-order chi connectivity index (χ0) is 19.5. The Labute approximate surface area is 165 Å². The lowest BCUT2D eigenvalue weighted by atomic mass is 9.94. The number of aliphatic carboxylic acids is 1. The van der Waals surface area contributed by atoms with Crippen LogP contribution in [0.15, 0.2) is 66.7 Å². The number of carbonyl (C=O) groups is 1. The van der Waals surface area contributed by atoms with Crippen LogP contribution >= 0.6 is 0 Å². The number of benzene rings is 3. The molecule has 0 aromatic heterocycles. The molecule has 4 heteroatoms. The minimum absolute atomic E-state index is 0.0936. The van der Waals surface area contributed by atoms with Gasteiger partial charge in [-0.1, -0.05) is 48.5 Å². The predicted octanol–water partition coefficient (Wildman–Crippen LogP) is 4.88. The molecule has 4 nitrogen and oxygen atoms in total. The normalized spacial score (nSPS) is 18.2. The van der Waals surface area contributed by atoms with Crippen LogP contribution in [0.3, 0.4) is 0 Å². The van der Waals surface area contributed by atoms with Crippen molar-refractivity contribution < 1.29 is 14.6 Å². The molecule has 4 rings (SSSR count). The number of nitrogens with zero attached hydrogens (tertiary/aromatic N) is 1. The Kier molecular flexibility index (Phi) is 5.31. The summed E-state index contributed by atoms with van der Waals surface area (Å²) in [5.74, 6) is 0.0916. The van der Waals surface area contributed by atoms with E-state index in [-0.39, 0.29) is 6.04 Å². The number of carboxylic acids is 1. The van der Waals surface area contributed by atoms with Crippen molar-refractivity contribution in [3.05, 3.63) is 77.9 Å². The molecule has 3 aromatic rings. The van der Waals surface area contributed by atoms with Crippen molar-refractivity contribution in [3.8, 4) is 5.75 Å². The summed E-state index contributed by atoms with van der Waals surface area (Å²) in [6, 6.07) is 22.2. The average Bonchev–Trinajstić information content (AvgIpc) is 3.19. The molecule has 2 unspecified atom stereocenters. The molecule has 1 fully saturated rings. The summed E-state index contributed by atoms with van der Waals surface area (Å²) in [6.45, 7) is 3.37. The maximum absolute atomic E-state index is 11.9. The molecule has 3 aromatic carbocycles. The zero-order valence-electron chi connectivity index (χ0n) is 16.0. The quantitative estimate of drug-likeness (QED) is 0.667. The smallest absolute Gasteiger partial charge is 0.320 e.